The van der Waals surface area contributed by atoms with Crippen LogP contribution in [0.2, 0.25) is 0 Å². The van der Waals surface area contributed by atoms with Gasteiger partial charge in [-0.25, -0.2) is 4.79 Å². The van der Waals surface area contributed by atoms with Crippen LogP contribution in [0.25, 0.3) is 11.1 Å². The van der Waals surface area contributed by atoms with E-state index in [0.29, 0.717) is 92.4 Å². The summed E-state index contributed by atoms with van der Waals surface area (Å²) >= 11 is 0. The van der Waals surface area contributed by atoms with Gasteiger partial charge in [0.1, 0.15) is 6.61 Å². The molecule has 1 amide bonds. The van der Waals surface area contributed by atoms with Gasteiger partial charge in [-0.2, -0.15) is 0 Å². The number of hydrogen-bond acceptors (Lipinski definition) is 9. The Morgan fingerprint density at radius 2 is 1.07 bits per heavy atom. The van der Waals surface area contributed by atoms with Crippen molar-refractivity contribution in [2.75, 3.05) is 113 Å². The van der Waals surface area contributed by atoms with Gasteiger partial charge < -0.3 is 43.4 Å². The summed E-state index contributed by atoms with van der Waals surface area (Å²) in [5.74, 6) is 0.0493. The van der Waals surface area contributed by atoms with Gasteiger partial charge in [-0.1, -0.05) is 48.5 Å². The molecule has 3 rings (SSSR count). The molecule has 41 heavy (non-hydrogen) atoms. The Morgan fingerprint density at radius 1 is 0.659 bits per heavy atom. The second-order valence-corrected chi connectivity index (χ2v) is 9.50. The molecule has 0 heterocycles. The van der Waals surface area contributed by atoms with Gasteiger partial charge in [0.15, 0.2) is 0 Å². The van der Waals surface area contributed by atoms with E-state index in [-0.39, 0.29) is 12.0 Å². The van der Waals surface area contributed by atoms with Crippen molar-refractivity contribution in [3.05, 3.63) is 59.7 Å². The van der Waals surface area contributed by atoms with Gasteiger partial charge in [0.05, 0.1) is 79.3 Å². The zero-order chi connectivity index (χ0) is 29.0. The second-order valence-electron chi connectivity index (χ2n) is 9.50. The summed E-state index contributed by atoms with van der Waals surface area (Å²) in [4.78, 5) is 14.1. The van der Waals surface area contributed by atoms with Crippen molar-refractivity contribution in [2.45, 2.75) is 5.92 Å². The smallest absolute Gasteiger partial charge is 0.409 e. The lowest BCUT2D eigenvalue weighted by molar-refractivity contribution is -0.0171. The van der Waals surface area contributed by atoms with Gasteiger partial charge in [0.2, 0.25) is 0 Å². The van der Waals surface area contributed by atoms with Crippen LogP contribution in [-0.2, 0) is 33.2 Å². The highest BCUT2D eigenvalue weighted by Gasteiger charge is 2.29. The van der Waals surface area contributed by atoms with Gasteiger partial charge in [0.25, 0.3) is 0 Å². The van der Waals surface area contributed by atoms with Crippen LogP contribution in [0, 0.1) is 0 Å². The summed E-state index contributed by atoms with van der Waals surface area (Å²) in [5.41, 5.74) is 4.82. The Kier molecular flexibility index (Phi) is 16.3. The van der Waals surface area contributed by atoms with Crippen LogP contribution >= 0.6 is 0 Å². The Morgan fingerprint density at radius 3 is 1.54 bits per heavy atom. The molecule has 1 aliphatic carbocycles. The summed E-state index contributed by atoms with van der Waals surface area (Å²) in [6.07, 6.45) is -0.356. The Bertz CT molecular complexity index is 947. The molecule has 228 valence electrons. The lowest BCUT2D eigenvalue weighted by Gasteiger charge is -2.19. The third kappa shape index (κ3) is 12.1. The van der Waals surface area contributed by atoms with E-state index in [1.807, 2.05) is 31.3 Å². The maximum Gasteiger partial charge on any atom is 0.409 e. The van der Waals surface area contributed by atoms with Crippen molar-refractivity contribution in [3.63, 3.8) is 0 Å². The molecular weight excluding hydrogens is 528 g/mol. The minimum absolute atomic E-state index is 0.0493. The molecule has 0 bridgehead atoms. The Labute approximate surface area is 244 Å². The van der Waals surface area contributed by atoms with Crippen LogP contribution in [0.4, 0.5) is 4.79 Å². The number of ether oxygens (including phenoxy) is 7. The number of likely N-dealkylation sites (N-methyl/N-ethyl adjacent to an activating group) is 2. The largest absolute Gasteiger partial charge is 0.448 e. The fourth-order valence-electron chi connectivity index (χ4n) is 4.37. The maximum absolute atomic E-state index is 12.5. The highest BCUT2D eigenvalue weighted by atomic mass is 16.6. The van der Waals surface area contributed by atoms with E-state index < -0.39 is 0 Å². The molecule has 1 aliphatic rings. The van der Waals surface area contributed by atoms with Crippen LogP contribution in [-0.4, -0.2) is 124 Å². The number of fused-ring (bicyclic) bond motifs is 3. The second kappa shape index (κ2) is 20.3. The first-order valence-corrected chi connectivity index (χ1v) is 14.4. The topological polar surface area (TPSA) is 97.0 Å². The molecule has 0 radical (unpaired) electrons. The minimum Gasteiger partial charge on any atom is -0.448 e. The van der Waals surface area contributed by atoms with Gasteiger partial charge >= 0.3 is 6.09 Å². The number of nitrogens with zero attached hydrogens (tertiary/aromatic N) is 1. The maximum atomic E-state index is 12.5. The summed E-state index contributed by atoms with van der Waals surface area (Å²) in [6.45, 7) is 7.83. The molecule has 0 unspecified atom stereocenters. The van der Waals surface area contributed by atoms with Crippen molar-refractivity contribution < 1.29 is 38.0 Å². The quantitative estimate of drug-likeness (QED) is 0.201. The average Bonchev–Trinajstić information content (AvgIpc) is 3.32. The van der Waals surface area contributed by atoms with Crippen molar-refractivity contribution in [3.8, 4) is 11.1 Å². The van der Waals surface area contributed by atoms with Crippen LogP contribution < -0.4 is 5.32 Å². The normalized spacial score (nSPS) is 12.3. The molecule has 0 saturated carbocycles. The fraction of sp³-hybridized carbons (Fsp3) is 0.581. The monoisotopic (exact) mass is 574 g/mol. The Hall–Kier alpha value is -2.57. The average molecular weight is 575 g/mol. The third-order valence-electron chi connectivity index (χ3n) is 6.58. The number of rotatable bonds is 23. The molecule has 2 aromatic rings. The van der Waals surface area contributed by atoms with Gasteiger partial charge in [-0.3, -0.25) is 0 Å². The van der Waals surface area contributed by atoms with Gasteiger partial charge in [-0.15, -0.1) is 0 Å². The third-order valence-corrected chi connectivity index (χ3v) is 6.58. The van der Waals surface area contributed by atoms with Crippen molar-refractivity contribution in [1.29, 1.82) is 0 Å². The molecule has 10 heteroatoms. The number of carbonyl (C=O) groups excluding carboxylic acids is 1. The number of hydrogen-bond donors (Lipinski definition) is 1. The zero-order valence-electron chi connectivity index (χ0n) is 24.5. The van der Waals surface area contributed by atoms with Gasteiger partial charge in [0, 0.05) is 26.1 Å². The molecular formula is C31H46N2O8. The molecule has 0 fully saturated rings. The van der Waals surface area contributed by atoms with Crippen LogP contribution in [0.15, 0.2) is 48.5 Å². The molecule has 10 nitrogen and oxygen atoms in total. The standard InChI is InChI=1S/C31H46N2O8/c1-32-11-13-35-15-17-37-19-21-39-23-24-40-22-20-38-18-16-36-14-12-33(2)31(34)41-25-30-28-9-5-3-7-26(28)27-8-4-6-10-29(27)30/h3-10,30,32H,11-25H2,1-2H3. The van der Waals surface area contributed by atoms with Crippen molar-refractivity contribution >= 4 is 6.09 Å². The lowest BCUT2D eigenvalue weighted by Crippen LogP contribution is -2.32. The van der Waals surface area contributed by atoms with E-state index in [4.69, 9.17) is 33.2 Å². The van der Waals surface area contributed by atoms with Crippen LogP contribution in [0.1, 0.15) is 17.0 Å². The first-order valence-electron chi connectivity index (χ1n) is 14.4. The SMILES string of the molecule is CNCCOCCOCCOCCOCCOCCOCCN(C)C(=O)OCC1c2ccccc2-c2ccccc21. The van der Waals surface area contributed by atoms with E-state index in [9.17, 15) is 4.79 Å². The zero-order valence-corrected chi connectivity index (χ0v) is 24.5. The minimum atomic E-state index is -0.356. The molecule has 0 atom stereocenters. The molecule has 1 N–H and O–H groups in total. The first-order chi connectivity index (χ1) is 20.2. The van der Waals surface area contributed by atoms with E-state index in [0.717, 1.165) is 6.54 Å². The molecule has 0 saturated heterocycles. The summed E-state index contributed by atoms with van der Waals surface area (Å²) in [5, 5.41) is 3.02. The fourth-order valence-corrected chi connectivity index (χ4v) is 4.37. The van der Waals surface area contributed by atoms with E-state index >= 15 is 0 Å². The van der Waals surface area contributed by atoms with E-state index in [2.05, 4.69) is 29.6 Å². The summed E-state index contributed by atoms with van der Waals surface area (Å²) in [7, 11) is 3.61. The van der Waals surface area contributed by atoms with Crippen LogP contribution in [0.3, 0.4) is 0 Å². The molecule has 0 spiro atoms. The highest BCUT2D eigenvalue weighted by molar-refractivity contribution is 5.79. The molecule has 0 aliphatic heterocycles. The number of carbonyl (C=O) groups is 1. The predicted octanol–water partition coefficient (Wildman–Crippen LogP) is 3.19. The predicted molar refractivity (Wildman–Crippen MR) is 157 cm³/mol. The first kappa shape index (κ1) is 32.9. The lowest BCUT2D eigenvalue weighted by atomic mass is 9.98. The molecule has 2 aromatic carbocycles. The van der Waals surface area contributed by atoms with E-state index in [1.54, 1.807) is 7.05 Å². The highest BCUT2D eigenvalue weighted by Crippen LogP contribution is 2.44. The van der Waals surface area contributed by atoms with Crippen molar-refractivity contribution in [1.82, 2.24) is 10.2 Å². The van der Waals surface area contributed by atoms with Gasteiger partial charge in [-0.05, 0) is 29.3 Å². The summed E-state index contributed by atoms with van der Waals surface area (Å²) in [6, 6.07) is 16.6. The molecule has 0 aromatic heterocycles. The van der Waals surface area contributed by atoms with Crippen LogP contribution in [0.5, 0.6) is 0 Å². The number of nitrogens with one attached hydrogen (secondary N) is 1. The Balaban J connectivity index is 1.11. The van der Waals surface area contributed by atoms with E-state index in [1.165, 1.54) is 27.2 Å². The van der Waals surface area contributed by atoms with Crippen molar-refractivity contribution in [2.24, 2.45) is 0 Å². The number of amides is 1. The summed E-state index contributed by atoms with van der Waals surface area (Å²) < 4.78 is 38.5. The number of benzene rings is 2.